The van der Waals surface area contributed by atoms with Crippen LogP contribution in [0.25, 0.3) is 22.3 Å². The molecule has 1 fully saturated rings. The molecule has 43 heavy (non-hydrogen) atoms. The molecule has 3 aromatic carbocycles. The third-order valence-corrected chi connectivity index (χ3v) is 7.96. The summed E-state index contributed by atoms with van der Waals surface area (Å²) < 4.78 is 65.4. The van der Waals surface area contributed by atoms with Crippen LogP contribution in [0.3, 0.4) is 0 Å². The number of nitrogens with zero attached hydrogens (tertiary/aromatic N) is 3. The maximum Gasteiger partial charge on any atom is 0.214 e. The van der Waals surface area contributed by atoms with Gasteiger partial charge in [0, 0.05) is 47.2 Å². The smallest absolute Gasteiger partial charge is 0.214 e. The maximum absolute atomic E-state index is 15.5. The van der Waals surface area contributed by atoms with Crippen LogP contribution < -0.4 is 4.74 Å². The Morgan fingerprint density at radius 1 is 0.907 bits per heavy atom. The Balaban J connectivity index is 1.26. The van der Waals surface area contributed by atoms with Crippen molar-refractivity contribution >= 4 is 11.0 Å². The van der Waals surface area contributed by atoms with Crippen molar-refractivity contribution in [3.05, 3.63) is 112 Å². The average molecular weight is 592 g/mol. The molecule has 0 amide bonds. The first-order valence-corrected chi connectivity index (χ1v) is 13.9. The Hall–Kier alpha value is -4.28. The van der Waals surface area contributed by atoms with E-state index >= 15 is 4.39 Å². The van der Waals surface area contributed by atoms with E-state index in [0.29, 0.717) is 46.6 Å². The van der Waals surface area contributed by atoms with Crippen molar-refractivity contribution in [1.29, 1.82) is 0 Å². The number of hydrogen-bond donors (Lipinski definition) is 2. The van der Waals surface area contributed by atoms with Gasteiger partial charge in [0.1, 0.15) is 29.9 Å². The number of imidazole rings is 1. The van der Waals surface area contributed by atoms with Crippen LogP contribution in [-0.4, -0.2) is 31.4 Å². The monoisotopic (exact) mass is 591 g/mol. The lowest BCUT2D eigenvalue weighted by molar-refractivity contribution is -0.0448. The summed E-state index contributed by atoms with van der Waals surface area (Å²) in [4.78, 5) is 8.97. The van der Waals surface area contributed by atoms with Crippen LogP contribution in [0.1, 0.15) is 47.2 Å². The van der Waals surface area contributed by atoms with Crippen LogP contribution in [-0.2, 0) is 19.6 Å². The van der Waals surface area contributed by atoms with E-state index in [2.05, 4.69) is 9.97 Å². The molecule has 5 aromatic rings. The number of fused-ring (bicyclic) bond motifs is 1. The number of aliphatic hydroxyl groups is 2. The van der Waals surface area contributed by atoms with E-state index < -0.39 is 30.0 Å². The first-order chi connectivity index (χ1) is 20.6. The molecule has 6 rings (SSSR count). The van der Waals surface area contributed by atoms with Crippen molar-refractivity contribution in [2.24, 2.45) is 5.41 Å². The molecular weight excluding hydrogens is 562 g/mol. The number of aromatic nitrogens is 3. The normalized spacial score (nSPS) is 14.0. The summed E-state index contributed by atoms with van der Waals surface area (Å²) in [5.41, 5.74) is 2.27. The van der Waals surface area contributed by atoms with Crippen molar-refractivity contribution in [1.82, 2.24) is 14.5 Å². The second kappa shape index (κ2) is 11.4. The zero-order valence-electron chi connectivity index (χ0n) is 23.3. The molecule has 2 N–H and O–H groups in total. The fourth-order valence-corrected chi connectivity index (χ4v) is 5.16. The summed E-state index contributed by atoms with van der Waals surface area (Å²) in [6, 6.07) is 17.0. The van der Waals surface area contributed by atoms with Gasteiger partial charge in [0.15, 0.2) is 6.29 Å². The van der Waals surface area contributed by atoms with Gasteiger partial charge in [0.25, 0.3) is 0 Å². The molecule has 1 saturated carbocycles. The summed E-state index contributed by atoms with van der Waals surface area (Å²) in [7, 11) is 0. The number of alkyl halides is 1. The Labute approximate surface area is 245 Å². The molecule has 0 atom stereocenters. The number of rotatable bonds is 10. The van der Waals surface area contributed by atoms with E-state index in [-0.39, 0.29) is 42.3 Å². The number of aliphatic hydroxyl groups excluding tert-OH is 1. The first-order valence-electron chi connectivity index (χ1n) is 13.9. The minimum absolute atomic E-state index is 0.0107. The van der Waals surface area contributed by atoms with Gasteiger partial charge in [-0.15, -0.1) is 0 Å². The van der Waals surface area contributed by atoms with Crippen LogP contribution in [0.4, 0.5) is 17.6 Å². The predicted octanol–water partition coefficient (Wildman–Crippen LogP) is 6.73. The van der Waals surface area contributed by atoms with Gasteiger partial charge in [-0.2, -0.15) is 0 Å². The van der Waals surface area contributed by atoms with E-state index in [0.717, 1.165) is 11.6 Å². The summed E-state index contributed by atoms with van der Waals surface area (Å²) in [5.74, 6) is -1.05. The lowest BCUT2D eigenvalue weighted by Gasteiger charge is -2.16. The molecule has 10 heteroatoms. The summed E-state index contributed by atoms with van der Waals surface area (Å²) in [6.45, 7) is 1.51. The zero-order valence-corrected chi connectivity index (χ0v) is 23.3. The fourth-order valence-electron chi connectivity index (χ4n) is 5.16. The van der Waals surface area contributed by atoms with Gasteiger partial charge in [-0.25, -0.2) is 23.1 Å². The third kappa shape index (κ3) is 5.98. The second-order valence-electron chi connectivity index (χ2n) is 11.2. The number of halogens is 4. The zero-order chi connectivity index (χ0) is 30.3. The number of hydrogen-bond acceptors (Lipinski definition) is 5. The van der Waals surface area contributed by atoms with Gasteiger partial charge in [0.05, 0.1) is 23.4 Å². The van der Waals surface area contributed by atoms with Gasteiger partial charge in [0.2, 0.25) is 5.88 Å². The number of aryl methyl sites for hydroxylation is 1. The van der Waals surface area contributed by atoms with Crippen molar-refractivity contribution in [2.75, 3.05) is 6.67 Å². The number of pyridine rings is 1. The van der Waals surface area contributed by atoms with Crippen molar-refractivity contribution < 1.29 is 32.5 Å². The van der Waals surface area contributed by atoms with E-state index in [9.17, 15) is 23.4 Å². The van der Waals surface area contributed by atoms with Crippen molar-refractivity contribution in [3.63, 3.8) is 0 Å². The van der Waals surface area contributed by atoms with Crippen molar-refractivity contribution in [3.8, 4) is 17.1 Å². The van der Waals surface area contributed by atoms with E-state index in [1.165, 1.54) is 18.2 Å². The minimum Gasteiger partial charge on any atom is -0.473 e. The summed E-state index contributed by atoms with van der Waals surface area (Å²) in [5, 5.41) is 19.2. The Bertz CT molecular complexity index is 1820. The standard InChI is InChI=1S/C33H29F4N3O3/c1-19-5-6-22(24(35)11-19)16-43-31-4-2-3-27(39-31)21-8-7-20(25(36)12-21)13-30-38-28-15-26(37)23(32(41)42)14-29(28)40(30)18-33(17-34)9-10-33/h2-8,11-12,14-15,32,41-42H,9-10,13,16-18H2,1H3. The molecule has 0 aliphatic heterocycles. The minimum atomic E-state index is -2.03. The maximum atomic E-state index is 15.5. The Morgan fingerprint density at radius 2 is 1.67 bits per heavy atom. The second-order valence-corrected chi connectivity index (χ2v) is 11.2. The topological polar surface area (TPSA) is 80.4 Å². The molecule has 0 spiro atoms. The first kappa shape index (κ1) is 28.8. The molecule has 2 aromatic heterocycles. The molecule has 6 nitrogen and oxygen atoms in total. The van der Waals surface area contributed by atoms with Crippen LogP contribution in [0, 0.1) is 29.8 Å². The molecular formula is C33H29F4N3O3. The highest BCUT2D eigenvalue weighted by atomic mass is 19.1. The summed E-state index contributed by atoms with van der Waals surface area (Å²) in [6.07, 6.45) is -0.630. The lowest BCUT2D eigenvalue weighted by Crippen LogP contribution is -2.16. The summed E-state index contributed by atoms with van der Waals surface area (Å²) >= 11 is 0. The highest BCUT2D eigenvalue weighted by Crippen LogP contribution is 2.48. The Morgan fingerprint density at radius 3 is 2.37 bits per heavy atom. The Kier molecular flexibility index (Phi) is 7.66. The largest absolute Gasteiger partial charge is 0.473 e. The molecule has 0 unspecified atom stereocenters. The quantitative estimate of drug-likeness (QED) is 0.139. The van der Waals surface area contributed by atoms with Crippen LogP contribution in [0.2, 0.25) is 0 Å². The molecule has 1 aliphatic carbocycles. The molecule has 0 saturated heterocycles. The van der Waals surface area contributed by atoms with Crippen LogP contribution in [0.15, 0.2) is 66.7 Å². The lowest BCUT2D eigenvalue weighted by atomic mass is 10.0. The molecule has 1 aliphatic rings. The van der Waals surface area contributed by atoms with Gasteiger partial charge in [-0.3, -0.25) is 4.39 Å². The predicted molar refractivity (Wildman–Crippen MR) is 152 cm³/mol. The van der Waals surface area contributed by atoms with Gasteiger partial charge in [-0.05, 0) is 55.2 Å². The van der Waals surface area contributed by atoms with E-state index in [1.807, 2.05) is 0 Å². The highest BCUT2D eigenvalue weighted by Gasteiger charge is 2.44. The molecule has 222 valence electrons. The SMILES string of the molecule is Cc1ccc(COc2cccc(-c3ccc(Cc4nc5cc(F)c(C(O)O)cc5n4CC4(CF)CC4)c(F)c3)n2)c(F)c1. The third-order valence-electron chi connectivity index (χ3n) is 7.96. The molecule has 0 bridgehead atoms. The average Bonchev–Trinajstić information content (AvgIpc) is 3.69. The van der Waals surface area contributed by atoms with E-state index in [4.69, 9.17) is 4.74 Å². The fraction of sp³-hybridized carbons (Fsp3) is 0.273. The van der Waals surface area contributed by atoms with Crippen LogP contribution >= 0.6 is 0 Å². The van der Waals surface area contributed by atoms with Gasteiger partial charge in [-0.1, -0.05) is 30.3 Å². The van der Waals surface area contributed by atoms with E-state index in [1.54, 1.807) is 54.0 Å². The number of ether oxygens (including phenoxy) is 1. The van der Waals surface area contributed by atoms with Crippen molar-refractivity contribution in [2.45, 2.75) is 45.6 Å². The highest BCUT2D eigenvalue weighted by molar-refractivity contribution is 5.77. The number of benzene rings is 3. The molecule has 2 heterocycles. The molecule has 0 radical (unpaired) electrons. The van der Waals surface area contributed by atoms with Gasteiger partial charge >= 0.3 is 0 Å². The van der Waals surface area contributed by atoms with Crippen LogP contribution in [0.5, 0.6) is 5.88 Å². The van der Waals surface area contributed by atoms with Gasteiger partial charge < -0.3 is 19.5 Å².